The highest BCUT2D eigenvalue weighted by Crippen LogP contribution is 2.26. The van der Waals surface area contributed by atoms with Crippen molar-refractivity contribution in [1.82, 2.24) is 5.32 Å². The van der Waals surface area contributed by atoms with E-state index in [0.29, 0.717) is 12.8 Å². The molecule has 1 unspecified atom stereocenters. The number of rotatable bonds is 19. The van der Waals surface area contributed by atoms with Gasteiger partial charge >= 0.3 is 11.7 Å². The first-order valence-corrected chi connectivity index (χ1v) is 13.3. The Morgan fingerprint density at radius 3 is 1.91 bits per heavy atom. The van der Waals surface area contributed by atoms with Crippen molar-refractivity contribution in [3.63, 3.8) is 0 Å². The summed E-state index contributed by atoms with van der Waals surface area (Å²) < 4.78 is 2.70. The molecule has 0 aliphatic heterocycles. The van der Waals surface area contributed by atoms with Gasteiger partial charge in [-0.15, -0.1) is 0 Å². The molecular weight excluding hydrogens is 485 g/mol. The minimum absolute atomic E-state index is 0.108. The van der Waals surface area contributed by atoms with Crippen molar-refractivity contribution in [3.05, 3.63) is 17.7 Å². The largest absolute Gasteiger partial charge is 0.457 e. The van der Waals surface area contributed by atoms with E-state index in [9.17, 15) is 15.1 Å². The Kier molecular flexibility index (Phi) is 19.7. The summed E-state index contributed by atoms with van der Waals surface area (Å²) in [5.74, 6) is -1.71. The second-order valence-electron chi connectivity index (χ2n) is 8.10. The SMILES string of the molecule is CCCCCCCC/C=C/CCCCCCCC(NC(=O)C(Cl)(Cl)Cl)C(=[N+]=[N-])C(=O)OCC. The lowest BCUT2D eigenvalue weighted by Gasteiger charge is -2.17. The van der Waals surface area contributed by atoms with Crippen LogP contribution >= 0.6 is 34.8 Å². The maximum atomic E-state index is 12.0. The topological polar surface area (TPSA) is 91.8 Å². The smallest absolute Gasteiger partial charge is 0.419 e. The van der Waals surface area contributed by atoms with Crippen molar-refractivity contribution in [2.45, 2.75) is 114 Å². The maximum Gasteiger partial charge on any atom is 0.419 e. The fourth-order valence-corrected chi connectivity index (χ4v) is 3.56. The summed E-state index contributed by atoms with van der Waals surface area (Å²) >= 11 is 16.8. The van der Waals surface area contributed by atoms with Gasteiger partial charge in [0, 0.05) is 0 Å². The third kappa shape index (κ3) is 17.1. The molecule has 1 atom stereocenters. The average molecular weight is 525 g/mol. The zero-order valence-corrected chi connectivity index (χ0v) is 22.4. The summed E-state index contributed by atoms with van der Waals surface area (Å²) in [6.45, 7) is 3.98. The first-order valence-electron chi connectivity index (χ1n) is 12.2. The van der Waals surface area contributed by atoms with E-state index in [1.165, 1.54) is 44.9 Å². The lowest BCUT2D eigenvalue weighted by atomic mass is 10.0. The second kappa shape index (κ2) is 20.3. The van der Waals surface area contributed by atoms with Crippen molar-refractivity contribution < 1.29 is 19.1 Å². The van der Waals surface area contributed by atoms with Gasteiger partial charge in [0.05, 0.1) is 6.61 Å². The Bertz CT molecular complexity index is 630. The van der Waals surface area contributed by atoms with Gasteiger partial charge in [0.1, 0.15) is 6.04 Å². The summed E-state index contributed by atoms with van der Waals surface area (Å²) in [4.78, 5) is 27.1. The number of esters is 1. The highest BCUT2D eigenvalue weighted by molar-refractivity contribution is 6.76. The molecular formula is C24H40Cl3N3O3. The molecule has 33 heavy (non-hydrogen) atoms. The molecule has 1 N–H and O–H groups in total. The lowest BCUT2D eigenvalue weighted by Crippen LogP contribution is -2.48. The van der Waals surface area contributed by atoms with Crippen LogP contribution in [0.2, 0.25) is 0 Å². The molecule has 1 amide bonds. The number of nitrogens with zero attached hydrogens (tertiary/aromatic N) is 2. The van der Waals surface area contributed by atoms with Crippen LogP contribution in [0.25, 0.3) is 5.53 Å². The molecule has 0 aromatic heterocycles. The van der Waals surface area contributed by atoms with Gasteiger partial charge in [0.25, 0.3) is 9.70 Å². The number of alkyl halides is 3. The van der Waals surface area contributed by atoms with Gasteiger partial charge in [0.2, 0.25) is 0 Å². The minimum Gasteiger partial charge on any atom is -0.457 e. The molecule has 0 radical (unpaired) electrons. The first-order chi connectivity index (χ1) is 15.8. The normalized spacial score (nSPS) is 12.4. The number of amides is 1. The molecule has 0 aromatic carbocycles. The van der Waals surface area contributed by atoms with E-state index in [0.717, 1.165) is 32.1 Å². The third-order valence-electron chi connectivity index (χ3n) is 5.24. The molecule has 0 saturated heterocycles. The lowest BCUT2D eigenvalue weighted by molar-refractivity contribution is -0.140. The molecule has 0 spiro atoms. The van der Waals surface area contributed by atoms with Gasteiger partial charge < -0.3 is 15.6 Å². The van der Waals surface area contributed by atoms with E-state index < -0.39 is 21.7 Å². The molecule has 9 heteroatoms. The molecule has 0 saturated carbocycles. The van der Waals surface area contributed by atoms with Crippen LogP contribution in [0.5, 0.6) is 0 Å². The number of allylic oxidation sites excluding steroid dienone is 2. The molecule has 0 aliphatic rings. The molecule has 0 aliphatic carbocycles. The van der Waals surface area contributed by atoms with Gasteiger partial charge in [-0.25, -0.2) is 4.79 Å². The minimum atomic E-state index is -2.18. The number of carbonyl (C=O) groups excluding carboxylic acids is 2. The Balaban J connectivity index is 4.21. The molecule has 0 bridgehead atoms. The second-order valence-corrected chi connectivity index (χ2v) is 10.4. The fourth-order valence-electron chi connectivity index (χ4n) is 3.39. The summed E-state index contributed by atoms with van der Waals surface area (Å²) in [7, 11) is 0. The van der Waals surface area contributed by atoms with Crippen LogP contribution in [-0.2, 0) is 14.3 Å². The summed E-state index contributed by atoms with van der Waals surface area (Å²) in [6.07, 6.45) is 20.0. The van der Waals surface area contributed by atoms with Crippen molar-refractivity contribution in [2.24, 2.45) is 0 Å². The number of carbonyl (C=O) groups is 2. The Labute approximate surface area is 214 Å². The van der Waals surface area contributed by atoms with Crippen molar-refractivity contribution in [1.29, 1.82) is 0 Å². The van der Waals surface area contributed by atoms with E-state index in [2.05, 4.69) is 29.2 Å². The van der Waals surface area contributed by atoms with Gasteiger partial charge in [-0.1, -0.05) is 112 Å². The molecule has 0 heterocycles. The van der Waals surface area contributed by atoms with Crippen LogP contribution in [0.3, 0.4) is 0 Å². The molecule has 0 rings (SSSR count). The van der Waals surface area contributed by atoms with E-state index in [1.807, 2.05) is 0 Å². The van der Waals surface area contributed by atoms with Gasteiger partial charge in [-0.05, 0) is 39.0 Å². The highest BCUT2D eigenvalue weighted by atomic mass is 35.6. The van der Waals surface area contributed by atoms with Gasteiger partial charge in [-0.2, -0.15) is 4.79 Å². The number of hydrogen-bond donors (Lipinski definition) is 1. The number of unbranched alkanes of at least 4 members (excludes halogenated alkanes) is 11. The number of ether oxygens (including phenoxy) is 1. The summed E-state index contributed by atoms with van der Waals surface area (Å²) in [6, 6.07) is -0.901. The zero-order valence-electron chi connectivity index (χ0n) is 20.1. The van der Waals surface area contributed by atoms with Crippen LogP contribution in [-0.4, -0.2) is 38.8 Å². The standard InChI is InChI=1S/C24H40Cl3N3O3/c1-3-5-6-7-8-9-10-11-12-13-14-15-16-17-18-19-20(29-23(32)24(25,26)27)21(30-28)22(31)33-4-2/h11-12,20H,3-10,13-19H2,1-2H3,(H,29,32)/b12-11+. The maximum absolute atomic E-state index is 12.0. The van der Waals surface area contributed by atoms with E-state index in [1.54, 1.807) is 6.92 Å². The van der Waals surface area contributed by atoms with E-state index >= 15 is 0 Å². The number of hydrogen-bond acceptors (Lipinski definition) is 3. The highest BCUT2D eigenvalue weighted by Gasteiger charge is 2.38. The predicted octanol–water partition coefficient (Wildman–Crippen LogP) is 7.11. The quantitative estimate of drug-likeness (QED) is 0.0371. The van der Waals surface area contributed by atoms with Crippen LogP contribution in [0.15, 0.2) is 12.2 Å². The van der Waals surface area contributed by atoms with Crippen molar-refractivity contribution in [3.8, 4) is 0 Å². The first kappa shape index (κ1) is 31.9. The Morgan fingerprint density at radius 2 is 1.42 bits per heavy atom. The molecule has 0 fully saturated rings. The molecule has 0 aromatic rings. The molecule has 190 valence electrons. The van der Waals surface area contributed by atoms with Gasteiger partial charge in [-0.3, -0.25) is 4.79 Å². The third-order valence-corrected chi connectivity index (χ3v) is 5.75. The van der Waals surface area contributed by atoms with Gasteiger partial charge in [0.15, 0.2) is 0 Å². The van der Waals surface area contributed by atoms with Crippen LogP contribution in [0, 0.1) is 0 Å². The van der Waals surface area contributed by atoms with E-state index in [4.69, 9.17) is 39.5 Å². The summed E-state index contributed by atoms with van der Waals surface area (Å²) in [5.41, 5.74) is 8.95. The van der Waals surface area contributed by atoms with Crippen LogP contribution in [0.4, 0.5) is 0 Å². The monoisotopic (exact) mass is 523 g/mol. The predicted molar refractivity (Wildman–Crippen MR) is 137 cm³/mol. The fraction of sp³-hybridized carbons (Fsp3) is 0.792. The Morgan fingerprint density at radius 1 is 0.909 bits per heavy atom. The number of nitrogens with one attached hydrogen (secondary N) is 1. The van der Waals surface area contributed by atoms with Crippen molar-refractivity contribution >= 4 is 52.4 Å². The van der Waals surface area contributed by atoms with Crippen LogP contribution < -0.4 is 5.32 Å². The number of halogens is 3. The van der Waals surface area contributed by atoms with E-state index in [-0.39, 0.29) is 12.3 Å². The van der Waals surface area contributed by atoms with Crippen molar-refractivity contribution in [2.75, 3.05) is 6.61 Å². The molecule has 6 nitrogen and oxygen atoms in total. The average Bonchev–Trinajstić information content (AvgIpc) is 2.76. The van der Waals surface area contributed by atoms with Crippen LogP contribution in [0.1, 0.15) is 104 Å². The Hall–Kier alpha value is -1.07. The summed E-state index contributed by atoms with van der Waals surface area (Å²) in [5, 5.41) is 2.46. The zero-order chi connectivity index (χ0) is 25.0.